The quantitative estimate of drug-likeness (QED) is 0.653. The number of hydrogen-bond acceptors (Lipinski definition) is 4. The van der Waals surface area contributed by atoms with E-state index in [0.717, 1.165) is 4.68 Å². The Morgan fingerprint density at radius 2 is 1.50 bits per heavy atom. The molecule has 1 aromatic carbocycles. The second-order valence-corrected chi connectivity index (χ2v) is 5.39. The van der Waals surface area contributed by atoms with Crippen molar-refractivity contribution < 1.29 is 9.90 Å². The van der Waals surface area contributed by atoms with Gasteiger partial charge in [-0.1, -0.05) is 58.0 Å². The van der Waals surface area contributed by atoms with Crippen LogP contribution < -0.4 is 0 Å². The molecule has 11 heteroatoms. The van der Waals surface area contributed by atoms with Gasteiger partial charge in [0.25, 0.3) is 0 Å². The van der Waals surface area contributed by atoms with Gasteiger partial charge in [0.05, 0.1) is 30.7 Å². The molecule has 6 nitrogen and oxygen atoms in total. The summed E-state index contributed by atoms with van der Waals surface area (Å²) in [4.78, 5) is 10.8. The maximum Gasteiger partial charge on any atom is 0.325 e. The van der Waals surface area contributed by atoms with E-state index in [1.807, 2.05) is 0 Å². The Hall–Kier alpha value is -0.790. The molecule has 2 rings (SSSR count). The first-order valence-corrected chi connectivity index (χ1v) is 6.73. The maximum atomic E-state index is 10.8. The van der Waals surface area contributed by atoms with Crippen molar-refractivity contribution in [3.8, 4) is 11.4 Å². The second kappa shape index (κ2) is 5.91. The van der Waals surface area contributed by atoms with Crippen molar-refractivity contribution in [2.45, 2.75) is 6.54 Å². The molecule has 0 spiro atoms. The van der Waals surface area contributed by atoms with Gasteiger partial charge in [0, 0.05) is 0 Å². The third kappa shape index (κ3) is 2.66. The van der Waals surface area contributed by atoms with Crippen LogP contribution in [0.2, 0.25) is 25.1 Å². The van der Waals surface area contributed by atoms with Gasteiger partial charge in [-0.2, -0.15) is 0 Å². The SMILES string of the molecule is O=C(O)Cn1nnnc1-c1c(Cl)c(Cl)c(Cl)c(Cl)c1Cl. The third-order valence-electron chi connectivity index (χ3n) is 2.25. The summed E-state index contributed by atoms with van der Waals surface area (Å²) in [6.45, 7) is -0.479. The molecule has 1 N–H and O–H groups in total. The molecule has 0 aliphatic rings. The van der Waals surface area contributed by atoms with Gasteiger partial charge in [0.2, 0.25) is 0 Å². The molecule has 1 aromatic heterocycles. The first kappa shape index (κ1) is 15.6. The number of rotatable bonds is 3. The molecule has 0 aliphatic carbocycles. The minimum atomic E-state index is -1.14. The largest absolute Gasteiger partial charge is 0.480 e. The van der Waals surface area contributed by atoms with E-state index in [9.17, 15) is 4.79 Å². The van der Waals surface area contributed by atoms with Gasteiger partial charge in [0.1, 0.15) is 6.54 Å². The lowest BCUT2D eigenvalue weighted by Crippen LogP contribution is -2.12. The number of carbonyl (C=O) groups is 1. The van der Waals surface area contributed by atoms with E-state index in [1.165, 1.54) is 0 Å². The Morgan fingerprint density at radius 1 is 1.00 bits per heavy atom. The number of carboxylic acids is 1. The molecule has 0 fully saturated rings. The molecule has 106 valence electrons. The van der Waals surface area contributed by atoms with Crippen LogP contribution in [0.3, 0.4) is 0 Å². The van der Waals surface area contributed by atoms with E-state index in [0.29, 0.717) is 0 Å². The summed E-state index contributed by atoms with van der Waals surface area (Å²) in [7, 11) is 0. The van der Waals surface area contributed by atoms with Crippen LogP contribution in [0, 0.1) is 0 Å². The lowest BCUT2D eigenvalue weighted by molar-refractivity contribution is -0.137. The number of aliphatic carboxylic acids is 1. The molecular formula is C9H3Cl5N4O2. The molecule has 0 amide bonds. The highest BCUT2D eigenvalue weighted by Gasteiger charge is 2.24. The third-order valence-corrected chi connectivity index (χ3v) is 4.53. The molecule has 0 unspecified atom stereocenters. The average Bonchev–Trinajstić information content (AvgIpc) is 2.82. The summed E-state index contributed by atoms with van der Waals surface area (Å²) in [6, 6.07) is 0. The molecule has 0 saturated heterocycles. The van der Waals surface area contributed by atoms with E-state index in [2.05, 4.69) is 15.5 Å². The number of aromatic nitrogens is 4. The van der Waals surface area contributed by atoms with Crippen molar-refractivity contribution in [1.82, 2.24) is 20.2 Å². The monoisotopic (exact) mass is 374 g/mol. The summed E-state index contributed by atoms with van der Waals surface area (Å²) in [5.41, 5.74) is 0.110. The fraction of sp³-hybridized carbons (Fsp3) is 0.111. The number of tetrazole rings is 1. The summed E-state index contributed by atoms with van der Waals surface area (Å²) < 4.78 is 0.996. The van der Waals surface area contributed by atoms with Gasteiger partial charge < -0.3 is 5.11 Å². The zero-order chi connectivity index (χ0) is 15.0. The molecule has 20 heavy (non-hydrogen) atoms. The summed E-state index contributed by atoms with van der Waals surface area (Å²) >= 11 is 29.8. The van der Waals surface area contributed by atoms with Gasteiger partial charge >= 0.3 is 5.97 Å². The summed E-state index contributed by atoms with van der Waals surface area (Å²) in [5.74, 6) is -1.13. The fourth-order valence-electron chi connectivity index (χ4n) is 1.42. The topological polar surface area (TPSA) is 80.9 Å². The van der Waals surface area contributed by atoms with Crippen molar-refractivity contribution in [3.05, 3.63) is 25.1 Å². The molecule has 0 saturated carbocycles. The standard InChI is InChI=1S/C9H3Cl5N4O2/c10-4-3(5(11)7(13)8(14)6(4)12)9-15-16-17-18(9)1-2(19)20/h1H2,(H,19,20). The Bertz CT molecular complexity index is 673. The molecule has 0 atom stereocenters. The molecule has 0 radical (unpaired) electrons. The van der Waals surface area contributed by atoms with Crippen LogP contribution in [0.25, 0.3) is 11.4 Å². The lowest BCUT2D eigenvalue weighted by Gasteiger charge is -2.11. The van der Waals surface area contributed by atoms with E-state index in [-0.39, 0.29) is 36.5 Å². The number of halogens is 5. The van der Waals surface area contributed by atoms with Crippen LogP contribution in [-0.4, -0.2) is 31.3 Å². The Kier molecular flexibility index (Phi) is 4.61. The van der Waals surface area contributed by atoms with E-state index >= 15 is 0 Å². The van der Waals surface area contributed by atoms with Crippen molar-refractivity contribution >= 4 is 64.0 Å². The number of hydrogen-bond donors (Lipinski definition) is 1. The minimum absolute atomic E-state index is 0.00987. The highest BCUT2D eigenvalue weighted by Crippen LogP contribution is 2.47. The van der Waals surface area contributed by atoms with E-state index in [1.54, 1.807) is 0 Å². The predicted molar refractivity (Wildman–Crippen MR) is 75.9 cm³/mol. The van der Waals surface area contributed by atoms with Crippen LogP contribution in [0.4, 0.5) is 0 Å². The van der Waals surface area contributed by atoms with Gasteiger partial charge in [-0.25, -0.2) is 4.68 Å². The fourth-order valence-corrected chi connectivity index (χ4v) is 2.73. The molecule has 1 heterocycles. The highest BCUT2D eigenvalue weighted by atomic mass is 35.5. The molecule has 2 aromatic rings. The number of nitrogens with zero attached hydrogens (tertiary/aromatic N) is 4. The summed E-state index contributed by atoms with van der Waals surface area (Å²) in [6.07, 6.45) is 0. The smallest absolute Gasteiger partial charge is 0.325 e. The number of benzene rings is 1. The van der Waals surface area contributed by atoms with E-state index in [4.69, 9.17) is 63.1 Å². The molecule has 0 bridgehead atoms. The van der Waals surface area contributed by atoms with Crippen LogP contribution in [-0.2, 0) is 11.3 Å². The zero-order valence-electron chi connectivity index (χ0n) is 9.24. The number of carboxylic acid groups (broad SMARTS) is 1. The van der Waals surface area contributed by atoms with Crippen molar-refractivity contribution in [1.29, 1.82) is 0 Å². The maximum absolute atomic E-state index is 10.8. The molecular weight excluding hydrogens is 373 g/mol. The van der Waals surface area contributed by atoms with Gasteiger partial charge in [-0.3, -0.25) is 4.79 Å². The molecule has 0 aliphatic heterocycles. The lowest BCUT2D eigenvalue weighted by atomic mass is 10.2. The van der Waals surface area contributed by atoms with Crippen LogP contribution in [0.15, 0.2) is 0 Å². The average molecular weight is 376 g/mol. The normalized spacial score (nSPS) is 10.8. The Morgan fingerprint density at radius 3 is 2.00 bits per heavy atom. The first-order chi connectivity index (χ1) is 9.34. The van der Waals surface area contributed by atoms with Gasteiger partial charge in [-0.15, -0.1) is 5.10 Å². The van der Waals surface area contributed by atoms with Crippen molar-refractivity contribution in [2.75, 3.05) is 0 Å². The minimum Gasteiger partial charge on any atom is -0.480 e. The van der Waals surface area contributed by atoms with Gasteiger partial charge in [0.15, 0.2) is 5.82 Å². The summed E-state index contributed by atoms with van der Waals surface area (Å²) in [5, 5.41) is 19.3. The Balaban J connectivity index is 2.71. The first-order valence-electron chi connectivity index (χ1n) is 4.84. The van der Waals surface area contributed by atoms with Crippen molar-refractivity contribution in [2.24, 2.45) is 0 Å². The second-order valence-electron chi connectivity index (χ2n) is 3.50. The predicted octanol–water partition coefficient (Wildman–Crippen LogP) is 3.69. The van der Waals surface area contributed by atoms with Crippen LogP contribution in [0.5, 0.6) is 0 Å². The van der Waals surface area contributed by atoms with Crippen LogP contribution >= 0.6 is 58.0 Å². The van der Waals surface area contributed by atoms with Crippen molar-refractivity contribution in [3.63, 3.8) is 0 Å². The van der Waals surface area contributed by atoms with Crippen LogP contribution in [0.1, 0.15) is 0 Å². The highest BCUT2D eigenvalue weighted by molar-refractivity contribution is 6.56. The zero-order valence-corrected chi connectivity index (χ0v) is 13.0. The van der Waals surface area contributed by atoms with E-state index < -0.39 is 12.5 Å². The van der Waals surface area contributed by atoms with Gasteiger partial charge in [-0.05, 0) is 10.4 Å². The Labute approximate surface area is 137 Å².